The van der Waals surface area contributed by atoms with Crippen molar-refractivity contribution in [2.24, 2.45) is 0 Å². The van der Waals surface area contributed by atoms with Crippen LogP contribution < -0.4 is 0 Å². The van der Waals surface area contributed by atoms with Crippen molar-refractivity contribution in [3.63, 3.8) is 0 Å². The van der Waals surface area contributed by atoms with E-state index in [1.807, 2.05) is 176 Å². The summed E-state index contributed by atoms with van der Waals surface area (Å²) in [4.78, 5) is 38.9. The molecule has 0 N–H and O–H groups in total. The van der Waals surface area contributed by atoms with Gasteiger partial charge in [0.05, 0.1) is 34.0 Å². The Kier molecular flexibility index (Phi) is 22.0. The van der Waals surface area contributed by atoms with E-state index in [4.69, 9.17) is 11.6 Å². The predicted octanol–water partition coefficient (Wildman–Crippen LogP) is 21.2. The Morgan fingerprint density at radius 2 is 0.759 bits per heavy atom. The van der Waals surface area contributed by atoms with Crippen LogP contribution in [0.3, 0.4) is 0 Å². The molecular formula is C73H50Br4ClN9. The minimum absolute atomic E-state index is 0.561. The highest BCUT2D eigenvalue weighted by Gasteiger charge is 2.11. The summed E-state index contributed by atoms with van der Waals surface area (Å²) < 4.78 is 3.74. The molecule has 0 atom stereocenters. The van der Waals surface area contributed by atoms with E-state index in [-0.39, 0.29) is 0 Å². The first-order chi connectivity index (χ1) is 42.7. The number of aromatic nitrogens is 9. The van der Waals surface area contributed by atoms with Crippen molar-refractivity contribution in [3.8, 4) is 90.1 Å². The van der Waals surface area contributed by atoms with E-state index >= 15 is 0 Å². The first kappa shape index (κ1) is 61.0. The Bertz CT molecular complexity index is 4210. The Balaban J connectivity index is 0.000000121. The third-order valence-electron chi connectivity index (χ3n) is 13.0. The molecule has 0 aliphatic rings. The first-order valence-electron chi connectivity index (χ1n) is 27.2. The minimum Gasteiger partial charge on any atom is -0.264 e. The Hall–Kier alpha value is -9.08. The van der Waals surface area contributed by atoms with Gasteiger partial charge in [0, 0.05) is 96.8 Å². The molecule has 7 aromatic heterocycles. The summed E-state index contributed by atoms with van der Waals surface area (Å²) in [6, 6.07) is 84.5. The molecule has 14 rings (SSSR count). The fourth-order valence-electron chi connectivity index (χ4n) is 8.90. The topological polar surface area (TPSA) is 116 Å². The van der Waals surface area contributed by atoms with Crippen molar-refractivity contribution >= 4 is 86.1 Å². The largest absolute Gasteiger partial charge is 0.264 e. The molecule has 0 amide bonds. The van der Waals surface area contributed by atoms with Crippen LogP contribution in [0.2, 0.25) is 5.02 Å². The number of hydrogen-bond acceptors (Lipinski definition) is 9. The predicted molar refractivity (Wildman–Crippen MR) is 369 cm³/mol. The molecule has 0 radical (unpaired) electrons. The molecule has 0 bridgehead atoms. The van der Waals surface area contributed by atoms with E-state index < -0.39 is 0 Å². The van der Waals surface area contributed by atoms with Crippen LogP contribution in [-0.4, -0.2) is 44.9 Å². The van der Waals surface area contributed by atoms with Crippen LogP contribution in [0.1, 0.15) is 0 Å². The second-order valence-electron chi connectivity index (χ2n) is 18.9. The average molecular weight is 1410 g/mol. The zero-order valence-corrected chi connectivity index (χ0v) is 53.4. The number of pyridine rings is 5. The summed E-state index contributed by atoms with van der Waals surface area (Å²) in [5.74, 6) is 1.43. The van der Waals surface area contributed by atoms with E-state index in [1.54, 1.807) is 37.2 Å². The quantitative estimate of drug-likeness (QED) is 0.108. The smallest absolute Gasteiger partial charge is 0.160 e. The maximum absolute atomic E-state index is 6.19. The summed E-state index contributed by atoms with van der Waals surface area (Å²) in [5.41, 5.74) is 14.5. The first-order valence-corrected chi connectivity index (χ1v) is 30.8. The standard InChI is InChI=1S/2C16H11BrN2.C16H11ClN2.C15H10BrN.C10H7BrN2/c17-16-8-14(12-3-1-5-18-10-12)7-15(9-16)13-4-2-6-19-11-13;17-14-10-12(15-5-1-3-7-18-15)9-13(11-14)16-6-2-4-8-19-16;17-14-11-18-16(13-9-5-2-6-10-13)19-15(14)12-7-3-1-4-8-12;16-15-10-4-9-14(17-15)13-8-3-6-11-5-1-2-7-12(11)13;11-9-6-7-12-10(13-9)8-4-2-1-3-5-8/h3*1-11H;1-10H;1-7H. The summed E-state index contributed by atoms with van der Waals surface area (Å²) in [5, 5.41) is 3.04. The number of nitrogens with zero attached hydrogens (tertiary/aromatic N) is 9. The molecule has 0 spiro atoms. The second-order valence-corrected chi connectivity index (χ2v) is 22.8. The van der Waals surface area contributed by atoms with Crippen LogP contribution in [0, 0.1) is 0 Å². The van der Waals surface area contributed by atoms with Crippen LogP contribution in [-0.2, 0) is 0 Å². The van der Waals surface area contributed by atoms with Crippen molar-refractivity contribution in [1.82, 2.24) is 44.9 Å². The summed E-state index contributed by atoms with van der Waals surface area (Å²) in [6.07, 6.45) is 14.3. The van der Waals surface area contributed by atoms with Gasteiger partial charge in [-0.15, -0.1) is 0 Å². The van der Waals surface area contributed by atoms with E-state index in [1.165, 1.54) is 16.3 Å². The van der Waals surface area contributed by atoms with Gasteiger partial charge >= 0.3 is 0 Å². The second kappa shape index (κ2) is 31.4. The van der Waals surface area contributed by atoms with E-state index in [2.05, 4.69) is 200 Å². The van der Waals surface area contributed by atoms with Crippen molar-refractivity contribution in [3.05, 3.63) is 328 Å². The lowest BCUT2D eigenvalue weighted by atomic mass is 10.0. The molecule has 0 saturated heterocycles. The van der Waals surface area contributed by atoms with Crippen LogP contribution >= 0.6 is 75.3 Å². The summed E-state index contributed by atoms with van der Waals surface area (Å²) in [7, 11) is 0. The molecule has 87 heavy (non-hydrogen) atoms. The molecule has 7 heterocycles. The number of rotatable bonds is 8. The van der Waals surface area contributed by atoms with Gasteiger partial charge in [-0.2, -0.15) is 0 Å². The van der Waals surface area contributed by atoms with Gasteiger partial charge in [0.15, 0.2) is 11.6 Å². The molecule has 0 saturated carbocycles. The van der Waals surface area contributed by atoms with Gasteiger partial charge < -0.3 is 0 Å². The Labute approximate surface area is 544 Å². The maximum Gasteiger partial charge on any atom is 0.160 e. The van der Waals surface area contributed by atoms with Crippen LogP contribution in [0.15, 0.2) is 323 Å². The monoisotopic (exact) mass is 1400 g/mol. The van der Waals surface area contributed by atoms with Gasteiger partial charge in [-0.25, -0.2) is 24.9 Å². The molecule has 0 aliphatic carbocycles. The minimum atomic E-state index is 0.561. The van der Waals surface area contributed by atoms with E-state index in [9.17, 15) is 0 Å². The van der Waals surface area contributed by atoms with Gasteiger partial charge in [-0.05, 0) is 145 Å². The normalized spacial score (nSPS) is 10.4. The van der Waals surface area contributed by atoms with Gasteiger partial charge in [0.2, 0.25) is 0 Å². The molecule has 14 heteroatoms. The zero-order chi connectivity index (χ0) is 60.0. The van der Waals surface area contributed by atoms with Crippen molar-refractivity contribution in [2.45, 2.75) is 0 Å². The van der Waals surface area contributed by atoms with Crippen LogP contribution in [0.25, 0.3) is 101 Å². The molecule has 9 nitrogen and oxygen atoms in total. The number of benzene rings is 7. The molecule has 14 aromatic rings. The fourth-order valence-corrected chi connectivity index (χ4v) is 10.7. The lowest BCUT2D eigenvalue weighted by Gasteiger charge is -2.07. The van der Waals surface area contributed by atoms with E-state index in [0.717, 1.165) is 96.8 Å². The SMILES string of the molecule is Brc1cc(-c2ccccn2)cc(-c2ccccn2)c1.Brc1cc(-c2cccnc2)cc(-c2cccnc2)c1.Brc1cccc(-c2cccc3ccccc23)n1.Brc1ccnc(-c2ccccc2)n1.Clc1cnc(-c2ccccc2)nc1-c1ccccc1. The van der Waals surface area contributed by atoms with Crippen molar-refractivity contribution in [2.75, 3.05) is 0 Å². The molecule has 422 valence electrons. The van der Waals surface area contributed by atoms with Crippen LogP contribution in [0.4, 0.5) is 0 Å². The molecule has 0 fully saturated rings. The third-order valence-corrected chi connectivity index (χ3v) is 15.0. The van der Waals surface area contributed by atoms with Crippen molar-refractivity contribution < 1.29 is 0 Å². The summed E-state index contributed by atoms with van der Waals surface area (Å²) >= 11 is 20.0. The lowest BCUT2D eigenvalue weighted by molar-refractivity contribution is 1.15. The highest BCUT2D eigenvalue weighted by molar-refractivity contribution is 9.11. The number of hydrogen-bond donors (Lipinski definition) is 0. The van der Waals surface area contributed by atoms with Crippen LogP contribution in [0.5, 0.6) is 0 Å². The van der Waals surface area contributed by atoms with Gasteiger partial charge in [-0.3, -0.25) is 19.9 Å². The average Bonchev–Trinajstić information content (AvgIpc) is 3.73. The van der Waals surface area contributed by atoms with Gasteiger partial charge in [0.1, 0.15) is 9.21 Å². The van der Waals surface area contributed by atoms with Gasteiger partial charge in [0.25, 0.3) is 0 Å². The molecule has 0 unspecified atom stereocenters. The zero-order valence-electron chi connectivity index (χ0n) is 46.3. The third kappa shape index (κ3) is 17.5. The fraction of sp³-hybridized carbons (Fsp3) is 0. The molecular weight excluding hydrogens is 1360 g/mol. The highest BCUT2D eigenvalue weighted by Crippen LogP contribution is 2.33. The van der Waals surface area contributed by atoms with Gasteiger partial charge in [-0.1, -0.05) is 207 Å². The Morgan fingerprint density at radius 3 is 1.30 bits per heavy atom. The highest BCUT2D eigenvalue weighted by atomic mass is 79.9. The Morgan fingerprint density at radius 1 is 0.287 bits per heavy atom. The molecule has 0 aliphatic heterocycles. The molecule has 7 aromatic carbocycles. The summed E-state index contributed by atoms with van der Waals surface area (Å²) in [6.45, 7) is 0. The van der Waals surface area contributed by atoms with Crippen molar-refractivity contribution in [1.29, 1.82) is 0 Å². The number of halogens is 5. The maximum atomic E-state index is 6.19. The number of fused-ring (bicyclic) bond motifs is 1. The lowest BCUT2D eigenvalue weighted by Crippen LogP contribution is -1.92. The van der Waals surface area contributed by atoms with E-state index in [0.29, 0.717) is 10.8 Å².